The second-order valence-electron chi connectivity index (χ2n) is 6.02. The number of hydrogen-bond donors (Lipinski definition) is 1. The average molecular weight is 323 g/mol. The standard InChI is InChI=1S/C15H21N3O5/c1-9-6-7-11(18(9)14(21)23-15(3,4)5)8-22-13(20)12(17-16)10(2)19/h6-7,10,19H,8H2,1-5H3. The average Bonchev–Trinajstić information content (AvgIpc) is 2.76. The van der Waals surface area contributed by atoms with Gasteiger partial charge in [-0.25, -0.2) is 9.59 Å². The van der Waals surface area contributed by atoms with E-state index in [9.17, 15) is 14.7 Å². The van der Waals surface area contributed by atoms with Crippen LogP contribution in [0.1, 0.15) is 39.1 Å². The molecule has 8 nitrogen and oxygen atoms in total. The summed E-state index contributed by atoms with van der Waals surface area (Å²) >= 11 is 0. The van der Waals surface area contributed by atoms with Crippen LogP contribution < -0.4 is 0 Å². The molecule has 8 heteroatoms. The first-order chi connectivity index (χ1) is 10.6. The number of esters is 1. The number of ether oxygens (including phenoxy) is 2. The highest BCUT2D eigenvalue weighted by Gasteiger charge is 2.28. The largest absolute Gasteiger partial charge is 0.451 e. The van der Waals surface area contributed by atoms with Gasteiger partial charge in [0.25, 0.3) is 0 Å². The predicted octanol–water partition coefficient (Wildman–Crippen LogP) is 1.67. The summed E-state index contributed by atoms with van der Waals surface area (Å²) in [5.74, 6) is -0.975. The third-order valence-electron chi connectivity index (χ3n) is 2.80. The molecule has 0 aliphatic heterocycles. The molecular weight excluding hydrogens is 302 g/mol. The van der Waals surface area contributed by atoms with E-state index in [-0.39, 0.29) is 6.61 Å². The Morgan fingerprint density at radius 3 is 2.48 bits per heavy atom. The molecule has 1 atom stereocenters. The minimum absolute atomic E-state index is 0.238. The summed E-state index contributed by atoms with van der Waals surface area (Å²) in [6.07, 6.45) is -1.86. The molecule has 0 radical (unpaired) electrons. The molecule has 23 heavy (non-hydrogen) atoms. The summed E-state index contributed by atoms with van der Waals surface area (Å²) < 4.78 is 11.5. The lowest BCUT2D eigenvalue weighted by Crippen LogP contribution is -2.30. The quantitative estimate of drug-likeness (QED) is 0.392. The van der Waals surface area contributed by atoms with Crippen molar-refractivity contribution in [1.29, 1.82) is 0 Å². The zero-order valence-corrected chi connectivity index (χ0v) is 13.9. The highest BCUT2D eigenvalue weighted by atomic mass is 16.6. The van der Waals surface area contributed by atoms with E-state index in [1.807, 2.05) is 0 Å². The van der Waals surface area contributed by atoms with Crippen molar-refractivity contribution in [1.82, 2.24) is 4.57 Å². The number of hydrogen-bond acceptors (Lipinski definition) is 5. The molecule has 1 N–H and O–H groups in total. The summed E-state index contributed by atoms with van der Waals surface area (Å²) in [5.41, 5.74) is 8.53. The van der Waals surface area contributed by atoms with Gasteiger partial charge in [0.05, 0.1) is 5.69 Å². The van der Waals surface area contributed by atoms with E-state index in [1.165, 1.54) is 11.5 Å². The summed E-state index contributed by atoms with van der Waals surface area (Å²) in [5, 5.41) is 9.28. The van der Waals surface area contributed by atoms with Crippen molar-refractivity contribution < 1.29 is 29.0 Å². The summed E-state index contributed by atoms with van der Waals surface area (Å²) in [7, 11) is 0. The molecule has 1 heterocycles. The molecule has 1 rings (SSSR count). The van der Waals surface area contributed by atoms with E-state index < -0.39 is 29.5 Å². The number of carbonyl (C=O) groups is 2. The zero-order chi connectivity index (χ0) is 17.8. The Morgan fingerprint density at radius 2 is 2.00 bits per heavy atom. The van der Waals surface area contributed by atoms with Crippen molar-refractivity contribution in [3.8, 4) is 0 Å². The van der Waals surface area contributed by atoms with Gasteiger partial charge in [-0.15, -0.1) is 0 Å². The van der Waals surface area contributed by atoms with E-state index in [0.29, 0.717) is 11.4 Å². The summed E-state index contributed by atoms with van der Waals surface area (Å²) in [4.78, 5) is 26.6. The molecule has 0 aliphatic rings. The lowest BCUT2D eigenvalue weighted by Gasteiger charge is -2.21. The third-order valence-corrected chi connectivity index (χ3v) is 2.80. The molecule has 0 bridgehead atoms. The third kappa shape index (κ3) is 5.05. The Kier molecular flexibility index (Phi) is 5.84. The van der Waals surface area contributed by atoms with Gasteiger partial charge in [0, 0.05) is 5.69 Å². The van der Waals surface area contributed by atoms with Crippen molar-refractivity contribution in [2.45, 2.75) is 52.9 Å². The molecule has 0 amide bonds. The number of carbonyl (C=O) groups excluding carboxylic acids is 2. The molecule has 1 aromatic rings. The van der Waals surface area contributed by atoms with Crippen LogP contribution in [0, 0.1) is 6.92 Å². The van der Waals surface area contributed by atoms with Gasteiger partial charge in [0.2, 0.25) is 0 Å². The van der Waals surface area contributed by atoms with Crippen molar-refractivity contribution in [2.24, 2.45) is 0 Å². The minimum Gasteiger partial charge on any atom is -0.451 e. The highest BCUT2D eigenvalue weighted by Crippen LogP contribution is 2.15. The van der Waals surface area contributed by atoms with Gasteiger partial charge in [-0.1, -0.05) is 0 Å². The molecule has 126 valence electrons. The zero-order valence-electron chi connectivity index (χ0n) is 13.9. The first-order valence-electron chi connectivity index (χ1n) is 7.04. The first-order valence-corrected chi connectivity index (χ1v) is 7.04. The normalized spacial score (nSPS) is 12.3. The van der Waals surface area contributed by atoms with E-state index in [2.05, 4.69) is 4.79 Å². The van der Waals surface area contributed by atoms with Crippen LogP contribution in [-0.2, 0) is 20.9 Å². The topological polar surface area (TPSA) is 114 Å². The van der Waals surface area contributed by atoms with Crippen LogP contribution >= 0.6 is 0 Å². The molecule has 1 unspecified atom stereocenters. The van der Waals surface area contributed by atoms with Crippen molar-refractivity contribution in [3.05, 3.63) is 29.1 Å². The van der Waals surface area contributed by atoms with Crippen LogP contribution in [0.15, 0.2) is 12.1 Å². The van der Waals surface area contributed by atoms with Crippen molar-refractivity contribution >= 4 is 17.8 Å². The molecule has 0 fully saturated rings. The van der Waals surface area contributed by atoms with E-state index >= 15 is 0 Å². The lowest BCUT2D eigenvalue weighted by atomic mass is 10.2. The second-order valence-corrected chi connectivity index (χ2v) is 6.02. The number of nitrogens with zero attached hydrogens (tertiary/aromatic N) is 3. The summed E-state index contributed by atoms with van der Waals surface area (Å²) in [6, 6.07) is 3.30. The first kappa shape index (κ1) is 18.6. The van der Waals surface area contributed by atoms with Gasteiger partial charge in [0.15, 0.2) is 6.10 Å². The van der Waals surface area contributed by atoms with E-state index in [1.54, 1.807) is 39.8 Å². The Hall–Kier alpha value is -2.44. The number of aliphatic hydroxyl groups is 1. The van der Waals surface area contributed by atoms with Crippen LogP contribution in [0.25, 0.3) is 5.53 Å². The number of aryl methyl sites for hydroxylation is 1. The Bertz CT molecular complexity index is 649. The number of aliphatic hydroxyl groups excluding tert-OH is 1. The Morgan fingerprint density at radius 1 is 1.39 bits per heavy atom. The molecule has 0 aliphatic carbocycles. The predicted molar refractivity (Wildman–Crippen MR) is 80.9 cm³/mol. The highest BCUT2D eigenvalue weighted by molar-refractivity contribution is 6.35. The van der Waals surface area contributed by atoms with Gasteiger partial charge < -0.3 is 20.1 Å². The fourth-order valence-corrected chi connectivity index (χ4v) is 1.78. The van der Waals surface area contributed by atoms with Crippen LogP contribution in [0.4, 0.5) is 4.79 Å². The molecule has 0 saturated heterocycles. The van der Waals surface area contributed by atoms with E-state index in [4.69, 9.17) is 15.0 Å². The fraction of sp³-hybridized carbons (Fsp3) is 0.533. The maximum atomic E-state index is 12.2. The molecule has 1 aromatic heterocycles. The lowest BCUT2D eigenvalue weighted by molar-refractivity contribution is -0.143. The fourth-order valence-electron chi connectivity index (χ4n) is 1.78. The minimum atomic E-state index is -1.27. The molecule has 0 aromatic carbocycles. The number of rotatable bonds is 4. The maximum absolute atomic E-state index is 12.2. The van der Waals surface area contributed by atoms with Crippen LogP contribution in [-0.4, -0.2) is 43.9 Å². The smallest absolute Gasteiger partial charge is 0.420 e. The SMILES string of the molecule is Cc1ccc(COC(=O)C(=[N+]=[N-])C(C)O)n1C(=O)OC(C)(C)C. The van der Waals surface area contributed by atoms with Gasteiger partial charge in [0.1, 0.15) is 12.2 Å². The van der Waals surface area contributed by atoms with Crippen LogP contribution in [0.3, 0.4) is 0 Å². The van der Waals surface area contributed by atoms with E-state index in [0.717, 1.165) is 0 Å². The monoisotopic (exact) mass is 323 g/mol. The molecular formula is C15H21N3O5. The van der Waals surface area contributed by atoms with Crippen LogP contribution in [0.5, 0.6) is 0 Å². The van der Waals surface area contributed by atoms with Gasteiger partial charge in [-0.05, 0) is 46.8 Å². The number of aromatic nitrogens is 1. The Labute approximate surface area is 134 Å². The van der Waals surface area contributed by atoms with Gasteiger partial charge >= 0.3 is 17.8 Å². The van der Waals surface area contributed by atoms with Crippen LogP contribution in [0.2, 0.25) is 0 Å². The van der Waals surface area contributed by atoms with Crippen molar-refractivity contribution in [2.75, 3.05) is 0 Å². The Balaban J connectivity index is 2.90. The van der Waals surface area contributed by atoms with Gasteiger partial charge in [-0.3, -0.25) is 4.57 Å². The maximum Gasteiger partial charge on any atom is 0.420 e. The summed E-state index contributed by atoms with van der Waals surface area (Å²) in [6.45, 7) is 7.98. The molecule has 0 spiro atoms. The van der Waals surface area contributed by atoms with Gasteiger partial charge in [-0.2, -0.15) is 4.79 Å². The second kappa shape index (κ2) is 7.21. The molecule has 0 saturated carbocycles. The van der Waals surface area contributed by atoms with Crippen molar-refractivity contribution in [3.63, 3.8) is 0 Å².